The predicted molar refractivity (Wildman–Crippen MR) is 73.9 cm³/mol. The van der Waals surface area contributed by atoms with Gasteiger partial charge in [-0.15, -0.1) is 0 Å². The van der Waals surface area contributed by atoms with Crippen LogP contribution in [0.25, 0.3) is 0 Å². The molecule has 0 saturated heterocycles. The van der Waals surface area contributed by atoms with Crippen molar-refractivity contribution in [2.24, 2.45) is 0 Å². The van der Waals surface area contributed by atoms with Crippen LogP contribution in [-0.2, 0) is 4.79 Å². The standard InChI is InChI=1S/C14H13FN2OS/c15-9-6-4-8(5-7-9)13-12-10(16-14(19)17-13)2-1-3-11(12)18/h4-7,13H,1-3H2,(H2,16,17,19)/t13-/m0/s1. The lowest BCUT2D eigenvalue weighted by atomic mass is 9.85. The third kappa shape index (κ3) is 2.26. The molecule has 1 aliphatic heterocycles. The summed E-state index contributed by atoms with van der Waals surface area (Å²) >= 11 is 5.17. The molecule has 0 aromatic heterocycles. The topological polar surface area (TPSA) is 41.1 Å². The highest BCUT2D eigenvalue weighted by Crippen LogP contribution is 2.33. The maximum absolute atomic E-state index is 13.0. The van der Waals surface area contributed by atoms with Crippen LogP contribution in [0.1, 0.15) is 30.9 Å². The smallest absolute Gasteiger partial charge is 0.171 e. The Labute approximate surface area is 115 Å². The molecule has 0 unspecified atom stereocenters. The number of ketones is 1. The third-order valence-corrected chi connectivity index (χ3v) is 3.71. The first-order valence-electron chi connectivity index (χ1n) is 6.24. The van der Waals surface area contributed by atoms with Gasteiger partial charge in [-0.1, -0.05) is 12.1 Å². The van der Waals surface area contributed by atoms with Crippen LogP contribution in [-0.4, -0.2) is 10.9 Å². The molecular weight excluding hydrogens is 263 g/mol. The number of rotatable bonds is 1. The van der Waals surface area contributed by atoms with E-state index in [-0.39, 0.29) is 17.6 Å². The Balaban J connectivity index is 2.05. The molecule has 2 aliphatic rings. The minimum atomic E-state index is -0.288. The van der Waals surface area contributed by atoms with E-state index in [1.807, 2.05) is 0 Å². The van der Waals surface area contributed by atoms with Crippen LogP contribution in [0.3, 0.4) is 0 Å². The van der Waals surface area contributed by atoms with Crippen molar-refractivity contribution in [3.8, 4) is 0 Å². The fourth-order valence-corrected chi connectivity index (χ4v) is 2.85. The zero-order valence-corrected chi connectivity index (χ0v) is 11.0. The van der Waals surface area contributed by atoms with Crippen molar-refractivity contribution in [1.29, 1.82) is 0 Å². The van der Waals surface area contributed by atoms with E-state index in [9.17, 15) is 9.18 Å². The number of halogens is 1. The molecule has 0 radical (unpaired) electrons. The fraction of sp³-hybridized carbons (Fsp3) is 0.286. The monoisotopic (exact) mass is 276 g/mol. The maximum Gasteiger partial charge on any atom is 0.171 e. The number of hydrogen-bond acceptors (Lipinski definition) is 2. The van der Waals surface area contributed by atoms with E-state index >= 15 is 0 Å². The van der Waals surface area contributed by atoms with Gasteiger partial charge in [0.25, 0.3) is 0 Å². The summed E-state index contributed by atoms with van der Waals surface area (Å²) in [5.41, 5.74) is 2.51. The molecule has 98 valence electrons. The summed E-state index contributed by atoms with van der Waals surface area (Å²) < 4.78 is 13.0. The van der Waals surface area contributed by atoms with E-state index in [0.717, 1.165) is 29.7 Å². The van der Waals surface area contributed by atoms with E-state index in [2.05, 4.69) is 10.6 Å². The van der Waals surface area contributed by atoms with Gasteiger partial charge in [-0.2, -0.15) is 0 Å². The van der Waals surface area contributed by atoms with Gasteiger partial charge in [0.05, 0.1) is 6.04 Å². The third-order valence-electron chi connectivity index (χ3n) is 3.49. The highest BCUT2D eigenvalue weighted by molar-refractivity contribution is 7.80. The van der Waals surface area contributed by atoms with Crippen molar-refractivity contribution in [3.63, 3.8) is 0 Å². The molecule has 0 fully saturated rings. The Morgan fingerprint density at radius 1 is 1.21 bits per heavy atom. The lowest BCUT2D eigenvalue weighted by Gasteiger charge is -2.33. The fourth-order valence-electron chi connectivity index (χ4n) is 2.61. The number of carbonyl (C=O) groups excluding carboxylic acids is 1. The van der Waals surface area contributed by atoms with Crippen LogP contribution in [0.4, 0.5) is 4.39 Å². The Morgan fingerprint density at radius 3 is 2.68 bits per heavy atom. The van der Waals surface area contributed by atoms with Gasteiger partial charge in [-0.05, 0) is 42.8 Å². The number of thiocarbonyl (C=S) groups is 1. The number of allylic oxidation sites excluding steroid dienone is 1. The quantitative estimate of drug-likeness (QED) is 0.773. The second kappa shape index (κ2) is 4.74. The van der Waals surface area contributed by atoms with Crippen LogP contribution in [0.15, 0.2) is 35.5 Å². The summed E-state index contributed by atoms with van der Waals surface area (Å²) in [6, 6.07) is 5.91. The van der Waals surface area contributed by atoms with Crippen molar-refractivity contribution >= 4 is 23.1 Å². The molecule has 19 heavy (non-hydrogen) atoms. The summed E-state index contributed by atoms with van der Waals surface area (Å²) in [5, 5.41) is 6.68. The Morgan fingerprint density at radius 2 is 1.95 bits per heavy atom. The first-order valence-corrected chi connectivity index (χ1v) is 6.65. The largest absolute Gasteiger partial charge is 0.351 e. The molecule has 5 heteroatoms. The van der Waals surface area contributed by atoms with Crippen molar-refractivity contribution in [2.75, 3.05) is 0 Å². The summed E-state index contributed by atoms with van der Waals surface area (Å²) in [6.07, 6.45) is 2.25. The minimum absolute atomic E-state index is 0.137. The summed E-state index contributed by atoms with van der Waals surface area (Å²) in [6.45, 7) is 0. The van der Waals surface area contributed by atoms with Gasteiger partial charge in [0.15, 0.2) is 10.9 Å². The Bertz CT molecular complexity index is 580. The maximum atomic E-state index is 13.0. The summed E-state index contributed by atoms with van der Waals surface area (Å²) in [5.74, 6) is -0.150. The molecule has 0 saturated carbocycles. The van der Waals surface area contributed by atoms with Crippen molar-refractivity contribution in [3.05, 3.63) is 46.9 Å². The van der Waals surface area contributed by atoms with Crippen LogP contribution >= 0.6 is 12.2 Å². The molecule has 2 N–H and O–H groups in total. The SMILES string of the molecule is O=C1CCCC2=C1[C@H](c1ccc(F)cc1)NC(=S)N2. The highest BCUT2D eigenvalue weighted by Gasteiger charge is 2.32. The zero-order chi connectivity index (χ0) is 13.4. The minimum Gasteiger partial charge on any atom is -0.351 e. The van der Waals surface area contributed by atoms with Crippen LogP contribution < -0.4 is 10.6 Å². The normalized spacial score (nSPS) is 22.7. The number of nitrogens with one attached hydrogen (secondary N) is 2. The first kappa shape index (κ1) is 12.3. The molecule has 1 heterocycles. The van der Waals surface area contributed by atoms with Gasteiger partial charge >= 0.3 is 0 Å². The number of benzene rings is 1. The van der Waals surface area contributed by atoms with Crippen molar-refractivity contribution < 1.29 is 9.18 Å². The van der Waals surface area contributed by atoms with Crippen LogP contribution in [0, 0.1) is 5.82 Å². The lowest BCUT2D eigenvalue weighted by molar-refractivity contribution is -0.116. The summed E-state index contributed by atoms with van der Waals surface area (Å²) in [7, 11) is 0. The van der Waals surface area contributed by atoms with Gasteiger partial charge in [0.2, 0.25) is 0 Å². The van der Waals surface area contributed by atoms with Crippen LogP contribution in [0.2, 0.25) is 0 Å². The molecule has 1 aromatic rings. The number of hydrogen-bond donors (Lipinski definition) is 2. The summed E-state index contributed by atoms with van der Waals surface area (Å²) in [4.78, 5) is 12.1. The molecule has 0 amide bonds. The molecule has 1 atom stereocenters. The average molecular weight is 276 g/mol. The van der Waals surface area contributed by atoms with Crippen molar-refractivity contribution in [1.82, 2.24) is 10.6 Å². The molecule has 0 bridgehead atoms. The Kier molecular flexibility index (Phi) is 3.06. The number of Topliss-reactive ketones (excluding diaryl/α,β-unsaturated/α-hetero) is 1. The Hall–Kier alpha value is -1.75. The van der Waals surface area contributed by atoms with Gasteiger partial charge in [-0.3, -0.25) is 4.79 Å². The van der Waals surface area contributed by atoms with Gasteiger partial charge in [0.1, 0.15) is 5.82 Å². The number of carbonyl (C=O) groups is 1. The highest BCUT2D eigenvalue weighted by atomic mass is 32.1. The molecule has 0 spiro atoms. The second-order valence-electron chi connectivity index (χ2n) is 4.75. The second-order valence-corrected chi connectivity index (χ2v) is 5.16. The lowest BCUT2D eigenvalue weighted by Crippen LogP contribution is -2.46. The van der Waals surface area contributed by atoms with Gasteiger partial charge < -0.3 is 10.6 Å². The van der Waals surface area contributed by atoms with E-state index in [4.69, 9.17) is 12.2 Å². The van der Waals surface area contributed by atoms with Crippen molar-refractivity contribution in [2.45, 2.75) is 25.3 Å². The van der Waals surface area contributed by atoms with E-state index in [1.165, 1.54) is 12.1 Å². The average Bonchev–Trinajstić information content (AvgIpc) is 2.38. The predicted octanol–water partition coefficient (Wildman–Crippen LogP) is 2.35. The molecule has 1 aliphatic carbocycles. The van der Waals surface area contributed by atoms with E-state index < -0.39 is 0 Å². The molecule has 3 nitrogen and oxygen atoms in total. The van der Waals surface area contributed by atoms with Gasteiger partial charge in [0, 0.05) is 17.7 Å². The van der Waals surface area contributed by atoms with Gasteiger partial charge in [-0.25, -0.2) is 4.39 Å². The zero-order valence-electron chi connectivity index (χ0n) is 10.2. The van der Waals surface area contributed by atoms with Crippen LogP contribution in [0.5, 0.6) is 0 Å². The van der Waals surface area contributed by atoms with E-state index in [0.29, 0.717) is 11.5 Å². The molecule has 3 rings (SSSR count). The molecular formula is C14H13FN2OS. The molecule has 1 aromatic carbocycles. The first-order chi connectivity index (χ1) is 9.15. The van der Waals surface area contributed by atoms with E-state index in [1.54, 1.807) is 12.1 Å².